The minimum atomic E-state index is 0.459. The van der Waals surface area contributed by atoms with Crippen LogP contribution in [0.3, 0.4) is 0 Å². The van der Waals surface area contributed by atoms with Crippen LogP contribution in [0.4, 0.5) is 0 Å². The average Bonchev–Trinajstić information content (AvgIpc) is 2.95. The Hall–Kier alpha value is -0.860. The second-order valence-corrected chi connectivity index (χ2v) is 6.65. The topological polar surface area (TPSA) is 15.3 Å². The second kappa shape index (κ2) is 7.95. The van der Waals surface area contributed by atoms with Crippen molar-refractivity contribution >= 4 is 0 Å². The Morgan fingerprint density at radius 2 is 1.90 bits per heavy atom. The van der Waals surface area contributed by atoms with Crippen molar-refractivity contribution in [3.05, 3.63) is 35.4 Å². The van der Waals surface area contributed by atoms with Gasteiger partial charge < -0.3 is 5.32 Å². The lowest BCUT2D eigenvalue weighted by atomic mass is 9.99. The molecule has 0 spiro atoms. The predicted octanol–water partition coefficient (Wildman–Crippen LogP) is 4.02. The van der Waals surface area contributed by atoms with Crippen molar-refractivity contribution in [1.82, 2.24) is 10.2 Å². The third-order valence-corrected chi connectivity index (χ3v) is 4.84. The van der Waals surface area contributed by atoms with Gasteiger partial charge in [-0.25, -0.2) is 0 Å². The van der Waals surface area contributed by atoms with Crippen molar-refractivity contribution in [3.8, 4) is 0 Å². The number of benzene rings is 1. The molecule has 0 bridgehead atoms. The van der Waals surface area contributed by atoms with Crippen molar-refractivity contribution in [2.75, 3.05) is 19.6 Å². The summed E-state index contributed by atoms with van der Waals surface area (Å²) in [6.45, 7) is 12.6. The molecular formula is C19H32N2. The lowest BCUT2D eigenvalue weighted by Gasteiger charge is -2.31. The van der Waals surface area contributed by atoms with Gasteiger partial charge in [0.1, 0.15) is 0 Å². The molecule has 21 heavy (non-hydrogen) atoms. The van der Waals surface area contributed by atoms with Crippen LogP contribution in [0.25, 0.3) is 0 Å². The van der Waals surface area contributed by atoms with E-state index in [2.05, 4.69) is 62.2 Å². The number of hydrogen-bond acceptors (Lipinski definition) is 2. The number of likely N-dealkylation sites (tertiary alicyclic amines) is 1. The average molecular weight is 288 g/mol. The summed E-state index contributed by atoms with van der Waals surface area (Å²) >= 11 is 0. The fourth-order valence-electron chi connectivity index (χ4n) is 3.59. The van der Waals surface area contributed by atoms with Gasteiger partial charge in [0.15, 0.2) is 0 Å². The Morgan fingerprint density at radius 3 is 2.48 bits per heavy atom. The Kier molecular flexibility index (Phi) is 6.25. The van der Waals surface area contributed by atoms with Crippen LogP contribution < -0.4 is 5.32 Å². The van der Waals surface area contributed by atoms with Crippen LogP contribution in [0.1, 0.15) is 57.7 Å². The zero-order chi connectivity index (χ0) is 15.2. The van der Waals surface area contributed by atoms with Crippen LogP contribution in [-0.2, 0) is 6.42 Å². The third-order valence-electron chi connectivity index (χ3n) is 4.84. The molecule has 2 atom stereocenters. The molecule has 0 saturated carbocycles. The molecule has 1 aromatic carbocycles. The first-order valence-electron chi connectivity index (χ1n) is 8.72. The van der Waals surface area contributed by atoms with Gasteiger partial charge >= 0.3 is 0 Å². The molecule has 1 aromatic rings. The molecule has 1 heterocycles. The fraction of sp³-hybridized carbons (Fsp3) is 0.684. The lowest BCUT2D eigenvalue weighted by molar-refractivity contribution is 0.187. The van der Waals surface area contributed by atoms with Gasteiger partial charge in [0.2, 0.25) is 0 Å². The second-order valence-electron chi connectivity index (χ2n) is 6.65. The van der Waals surface area contributed by atoms with E-state index in [0.717, 1.165) is 31.5 Å². The molecular weight excluding hydrogens is 256 g/mol. The summed E-state index contributed by atoms with van der Waals surface area (Å²) in [5, 5.41) is 3.68. The zero-order valence-electron chi connectivity index (χ0n) is 14.2. The number of rotatable bonds is 7. The molecule has 0 amide bonds. The van der Waals surface area contributed by atoms with Crippen LogP contribution in [0.2, 0.25) is 0 Å². The molecule has 1 saturated heterocycles. The predicted molar refractivity (Wildman–Crippen MR) is 91.7 cm³/mol. The molecule has 2 nitrogen and oxygen atoms in total. The summed E-state index contributed by atoms with van der Waals surface area (Å²) in [7, 11) is 0. The number of likely N-dealkylation sites (N-methyl/N-ethyl adjacent to an activating group) is 1. The van der Waals surface area contributed by atoms with Crippen molar-refractivity contribution in [2.24, 2.45) is 5.92 Å². The summed E-state index contributed by atoms with van der Waals surface area (Å²) in [6.07, 6.45) is 3.84. The molecule has 1 N–H and O–H groups in total. The summed E-state index contributed by atoms with van der Waals surface area (Å²) in [5.74, 6) is 0.761. The quantitative estimate of drug-likeness (QED) is 0.815. The monoisotopic (exact) mass is 288 g/mol. The highest BCUT2D eigenvalue weighted by atomic mass is 15.2. The van der Waals surface area contributed by atoms with Crippen LogP contribution in [0.15, 0.2) is 24.3 Å². The van der Waals surface area contributed by atoms with E-state index in [-0.39, 0.29) is 0 Å². The molecule has 0 aliphatic carbocycles. The summed E-state index contributed by atoms with van der Waals surface area (Å²) in [4.78, 5) is 2.70. The van der Waals surface area contributed by atoms with E-state index in [0.29, 0.717) is 6.04 Å². The third kappa shape index (κ3) is 4.31. The Morgan fingerprint density at radius 1 is 1.19 bits per heavy atom. The maximum absolute atomic E-state index is 3.68. The number of nitrogens with one attached hydrogen (secondary N) is 1. The van der Waals surface area contributed by atoms with Gasteiger partial charge in [-0.05, 0) is 49.4 Å². The molecule has 2 unspecified atom stereocenters. The van der Waals surface area contributed by atoms with Crippen molar-refractivity contribution in [1.29, 1.82) is 0 Å². The Bertz CT molecular complexity index is 410. The molecule has 2 heteroatoms. The van der Waals surface area contributed by atoms with E-state index in [9.17, 15) is 0 Å². The fourth-order valence-corrected chi connectivity index (χ4v) is 3.59. The van der Waals surface area contributed by atoms with E-state index in [1.807, 2.05) is 0 Å². The van der Waals surface area contributed by atoms with Gasteiger partial charge in [0.05, 0.1) is 0 Å². The minimum absolute atomic E-state index is 0.459. The highest BCUT2D eigenvalue weighted by Crippen LogP contribution is 2.26. The minimum Gasteiger partial charge on any atom is -0.309 e. The standard InChI is InChI=1S/C19H32N2/c1-5-16-9-11-17(12-10-16)18(20-6-2)14-21-13-7-8-19(21)15(3)4/h9-12,15,18-20H,5-8,13-14H2,1-4H3. The molecule has 0 aromatic heterocycles. The smallest absolute Gasteiger partial charge is 0.0449 e. The first-order valence-corrected chi connectivity index (χ1v) is 8.72. The van der Waals surface area contributed by atoms with Gasteiger partial charge in [0.25, 0.3) is 0 Å². The molecule has 1 fully saturated rings. The maximum atomic E-state index is 3.68. The van der Waals surface area contributed by atoms with Crippen molar-refractivity contribution in [2.45, 2.75) is 59.0 Å². The lowest BCUT2D eigenvalue weighted by Crippen LogP contribution is -2.40. The molecule has 1 aliphatic heterocycles. The molecule has 0 radical (unpaired) electrons. The number of aryl methyl sites for hydroxylation is 1. The van der Waals surface area contributed by atoms with Crippen LogP contribution in [0, 0.1) is 5.92 Å². The highest BCUT2D eigenvalue weighted by Gasteiger charge is 2.28. The van der Waals surface area contributed by atoms with Gasteiger partial charge in [-0.1, -0.05) is 52.0 Å². The van der Waals surface area contributed by atoms with E-state index >= 15 is 0 Å². The van der Waals surface area contributed by atoms with Crippen LogP contribution in [-0.4, -0.2) is 30.6 Å². The van der Waals surface area contributed by atoms with Gasteiger partial charge in [0, 0.05) is 18.6 Å². The highest BCUT2D eigenvalue weighted by molar-refractivity contribution is 5.25. The SMILES string of the molecule is CCNC(CN1CCCC1C(C)C)c1ccc(CC)cc1. The van der Waals surface area contributed by atoms with Gasteiger partial charge in [-0.3, -0.25) is 4.90 Å². The zero-order valence-corrected chi connectivity index (χ0v) is 14.2. The van der Waals surface area contributed by atoms with E-state index in [1.54, 1.807) is 0 Å². The van der Waals surface area contributed by atoms with Crippen LogP contribution in [0.5, 0.6) is 0 Å². The van der Waals surface area contributed by atoms with Crippen molar-refractivity contribution in [3.63, 3.8) is 0 Å². The number of hydrogen-bond donors (Lipinski definition) is 1. The van der Waals surface area contributed by atoms with E-state index in [1.165, 1.54) is 30.5 Å². The first-order chi connectivity index (χ1) is 10.2. The maximum Gasteiger partial charge on any atom is 0.0449 e. The largest absolute Gasteiger partial charge is 0.309 e. The Balaban J connectivity index is 2.07. The molecule has 118 valence electrons. The van der Waals surface area contributed by atoms with Crippen molar-refractivity contribution < 1.29 is 0 Å². The summed E-state index contributed by atoms with van der Waals surface area (Å²) < 4.78 is 0. The van der Waals surface area contributed by atoms with Crippen LogP contribution >= 0.6 is 0 Å². The number of nitrogens with zero attached hydrogens (tertiary/aromatic N) is 1. The first kappa shape index (κ1) is 16.5. The normalized spacial score (nSPS) is 21.1. The molecule has 1 aliphatic rings. The van der Waals surface area contributed by atoms with Gasteiger partial charge in [-0.2, -0.15) is 0 Å². The van der Waals surface area contributed by atoms with E-state index in [4.69, 9.17) is 0 Å². The van der Waals surface area contributed by atoms with E-state index < -0.39 is 0 Å². The molecule has 2 rings (SSSR count). The summed E-state index contributed by atoms with van der Waals surface area (Å²) in [5.41, 5.74) is 2.86. The summed E-state index contributed by atoms with van der Waals surface area (Å²) in [6, 6.07) is 10.4. The Labute approximate surface area is 130 Å². The van der Waals surface area contributed by atoms with Gasteiger partial charge in [-0.15, -0.1) is 0 Å².